The molecule has 0 saturated carbocycles. The van der Waals surface area contributed by atoms with Gasteiger partial charge in [-0.1, -0.05) is 19.8 Å². The first-order chi connectivity index (χ1) is 5.57. The van der Waals surface area contributed by atoms with Crippen LogP contribution in [0.5, 0.6) is 0 Å². The van der Waals surface area contributed by atoms with Gasteiger partial charge in [0, 0.05) is 11.9 Å². The van der Waals surface area contributed by atoms with Crippen LogP contribution in [0.2, 0.25) is 0 Å². The van der Waals surface area contributed by atoms with E-state index in [0.29, 0.717) is 6.42 Å². The molecule has 0 fully saturated rings. The standard InChI is InChI=1S/C8H14O4/c1-2-3-4-6(8(11)12)5-7(9)10/h6H,2-5H2,1H3,(H,9,10)(H,11,12)/p-1. The van der Waals surface area contributed by atoms with Crippen LogP contribution in [0.1, 0.15) is 32.6 Å². The lowest BCUT2D eigenvalue weighted by Gasteiger charge is -2.14. The summed E-state index contributed by atoms with van der Waals surface area (Å²) in [6, 6.07) is 0. The molecule has 0 heterocycles. The van der Waals surface area contributed by atoms with Gasteiger partial charge < -0.3 is 15.0 Å². The molecule has 4 nitrogen and oxygen atoms in total. The molecule has 0 rings (SSSR count). The first-order valence-corrected chi connectivity index (χ1v) is 4.00. The smallest absolute Gasteiger partial charge is 0.304 e. The van der Waals surface area contributed by atoms with Gasteiger partial charge in [-0.25, -0.2) is 0 Å². The van der Waals surface area contributed by atoms with E-state index < -0.39 is 17.9 Å². The summed E-state index contributed by atoms with van der Waals surface area (Å²) in [6.07, 6.45) is 1.66. The number of carboxylic acids is 2. The van der Waals surface area contributed by atoms with Gasteiger partial charge >= 0.3 is 5.97 Å². The van der Waals surface area contributed by atoms with Crippen LogP contribution in [0.3, 0.4) is 0 Å². The van der Waals surface area contributed by atoms with Gasteiger partial charge in [0.25, 0.3) is 0 Å². The number of hydrogen-bond acceptors (Lipinski definition) is 3. The van der Waals surface area contributed by atoms with Gasteiger partial charge in [-0.3, -0.25) is 4.79 Å². The van der Waals surface area contributed by atoms with Crippen LogP contribution < -0.4 is 5.11 Å². The average Bonchev–Trinajstić information content (AvgIpc) is 1.96. The molecule has 0 aromatic rings. The first-order valence-electron chi connectivity index (χ1n) is 4.00. The van der Waals surface area contributed by atoms with E-state index in [1.54, 1.807) is 0 Å². The third kappa shape index (κ3) is 4.71. The summed E-state index contributed by atoms with van der Waals surface area (Å²) in [5.74, 6) is -3.17. The minimum Gasteiger partial charge on any atom is -0.550 e. The Morgan fingerprint density at radius 1 is 1.50 bits per heavy atom. The highest BCUT2D eigenvalue weighted by atomic mass is 16.4. The van der Waals surface area contributed by atoms with Crippen molar-refractivity contribution in [2.45, 2.75) is 32.6 Å². The van der Waals surface area contributed by atoms with Gasteiger partial charge in [0.1, 0.15) is 0 Å². The van der Waals surface area contributed by atoms with E-state index in [1.807, 2.05) is 6.92 Å². The molecule has 1 unspecified atom stereocenters. The number of unbranched alkanes of at least 4 members (excludes halogenated alkanes) is 1. The Morgan fingerprint density at radius 2 is 2.08 bits per heavy atom. The molecule has 0 aliphatic heterocycles. The zero-order chi connectivity index (χ0) is 9.56. The van der Waals surface area contributed by atoms with E-state index in [1.165, 1.54) is 0 Å². The Hall–Kier alpha value is -1.06. The SMILES string of the molecule is CCCCC(CC(=O)O)C(=O)[O-]. The fourth-order valence-electron chi connectivity index (χ4n) is 0.965. The lowest BCUT2D eigenvalue weighted by Crippen LogP contribution is -2.32. The summed E-state index contributed by atoms with van der Waals surface area (Å²) >= 11 is 0. The van der Waals surface area contributed by atoms with Crippen LogP contribution in [0.15, 0.2) is 0 Å². The van der Waals surface area contributed by atoms with Crippen molar-refractivity contribution in [3.05, 3.63) is 0 Å². The molecule has 4 heteroatoms. The molecular weight excluding hydrogens is 160 g/mol. The van der Waals surface area contributed by atoms with Crippen LogP contribution in [-0.4, -0.2) is 17.0 Å². The average molecular weight is 173 g/mol. The Bertz CT molecular complexity index is 164. The maximum Gasteiger partial charge on any atom is 0.304 e. The monoisotopic (exact) mass is 173 g/mol. The molecule has 0 radical (unpaired) electrons. The lowest BCUT2D eigenvalue weighted by molar-refractivity contribution is -0.312. The first kappa shape index (κ1) is 10.9. The van der Waals surface area contributed by atoms with Crippen molar-refractivity contribution in [3.63, 3.8) is 0 Å². The summed E-state index contributed by atoms with van der Waals surface area (Å²) in [4.78, 5) is 20.6. The quantitative estimate of drug-likeness (QED) is 0.614. The number of carbonyl (C=O) groups excluding carboxylic acids is 1. The normalized spacial score (nSPS) is 12.4. The van der Waals surface area contributed by atoms with E-state index in [4.69, 9.17) is 5.11 Å². The van der Waals surface area contributed by atoms with Gasteiger partial charge in [0.05, 0.1) is 6.42 Å². The second kappa shape index (κ2) is 5.57. The zero-order valence-electron chi connectivity index (χ0n) is 7.08. The third-order valence-corrected chi connectivity index (χ3v) is 1.66. The molecule has 0 spiro atoms. The Labute approximate surface area is 71.2 Å². The predicted molar refractivity (Wildman–Crippen MR) is 40.3 cm³/mol. The van der Waals surface area contributed by atoms with Crippen LogP contribution in [0.4, 0.5) is 0 Å². The summed E-state index contributed by atoms with van der Waals surface area (Å²) in [5.41, 5.74) is 0. The summed E-state index contributed by atoms with van der Waals surface area (Å²) in [5, 5.41) is 18.7. The fraction of sp³-hybridized carbons (Fsp3) is 0.750. The van der Waals surface area contributed by atoms with Gasteiger partial charge in [-0.15, -0.1) is 0 Å². The minimum absolute atomic E-state index is 0.331. The zero-order valence-corrected chi connectivity index (χ0v) is 7.08. The van der Waals surface area contributed by atoms with Gasteiger partial charge in [0.15, 0.2) is 0 Å². The highest BCUT2D eigenvalue weighted by molar-refractivity contribution is 5.76. The summed E-state index contributed by atoms with van der Waals surface area (Å²) in [6.45, 7) is 1.92. The molecule has 1 N–H and O–H groups in total. The number of hydrogen-bond donors (Lipinski definition) is 1. The number of carbonyl (C=O) groups is 2. The molecule has 70 valence electrons. The summed E-state index contributed by atoms with van der Waals surface area (Å²) in [7, 11) is 0. The van der Waals surface area contributed by atoms with Crippen LogP contribution >= 0.6 is 0 Å². The molecule has 0 bridgehead atoms. The third-order valence-electron chi connectivity index (χ3n) is 1.66. The Morgan fingerprint density at radius 3 is 2.42 bits per heavy atom. The summed E-state index contributed by atoms with van der Waals surface area (Å²) < 4.78 is 0. The maximum absolute atomic E-state index is 10.4. The molecule has 0 aromatic carbocycles. The van der Waals surface area contributed by atoms with Gasteiger partial charge in [-0.2, -0.15) is 0 Å². The van der Waals surface area contributed by atoms with E-state index in [-0.39, 0.29) is 6.42 Å². The number of rotatable bonds is 6. The second-order valence-electron chi connectivity index (χ2n) is 2.76. The van der Waals surface area contributed by atoms with Crippen molar-refractivity contribution in [3.8, 4) is 0 Å². The Balaban J connectivity index is 3.87. The molecular formula is C8H13O4-. The molecule has 0 saturated heterocycles. The molecule has 0 amide bonds. The molecule has 0 aliphatic carbocycles. The van der Waals surface area contributed by atoms with Crippen molar-refractivity contribution in [2.24, 2.45) is 5.92 Å². The largest absolute Gasteiger partial charge is 0.550 e. The minimum atomic E-state index is -1.26. The highest BCUT2D eigenvalue weighted by Crippen LogP contribution is 2.11. The van der Waals surface area contributed by atoms with Crippen molar-refractivity contribution in [1.82, 2.24) is 0 Å². The van der Waals surface area contributed by atoms with E-state index >= 15 is 0 Å². The predicted octanol–water partition coefficient (Wildman–Crippen LogP) is 0.0174. The molecule has 12 heavy (non-hydrogen) atoms. The van der Waals surface area contributed by atoms with E-state index in [2.05, 4.69) is 0 Å². The van der Waals surface area contributed by atoms with Crippen molar-refractivity contribution >= 4 is 11.9 Å². The molecule has 0 aliphatic rings. The van der Waals surface area contributed by atoms with Crippen molar-refractivity contribution in [2.75, 3.05) is 0 Å². The molecule has 1 atom stereocenters. The van der Waals surface area contributed by atoms with Crippen LogP contribution in [-0.2, 0) is 9.59 Å². The highest BCUT2D eigenvalue weighted by Gasteiger charge is 2.13. The van der Waals surface area contributed by atoms with E-state index in [0.717, 1.165) is 12.8 Å². The Kier molecular flexibility index (Phi) is 5.08. The van der Waals surface area contributed by atoms with Gasteiger partial charge in [-0.05, 0) is 6.42 Å². The van der Waals surface area contributed by atoms with Gasteiger partial charge in [0.2, 0.25) is 0 Å². The number of carboxylic acid groups (broad SMARTS) is 2. The molecule has 0 aromatic heterocycles. The fourth-order valence-corrected chi connectivity index (χ4v) is 0.965. The van der Waals surface area contributed by atoms with Crippen LogP contribution in [0, 0.1) is 5.92 Å². The van der Waals surface area contributed by atoms with Crippen molar-refractivity contribution in [1.29, 1.82) is 0 Å². The van der Waals surface area contributed by atoms with Crippen LogP contribution in [0.25, 0.3) is 0 Å². The number of aliphatic carboxylic acids is 2. The second-order valence-corrected chi connectivity index (χ2v) is 2.76. The lowest BCUT2D eigenvalue weighted by atomic mass is 9.99. The van der Waals surface area contributed by atoms with Crippen molar-refractivity contribution < 1.29 is 19.8 Å². The maximum atomic E-state index is 10.4. The van der Waals surface area contributed by atoms with E-state index in [9.17, 15) is 14.7 Å². The topological polar surface area (TPSA) is 77.4 Å².